The zero-order valence-corrected chi connectivity index (χ0v) is 18.4. The first-order valence-corrected chi connectivity index (χ1v) is 11.7. The highest BCUT2D eigenvalue weighted by Gasteiger charge is 2.21. The monoisotopic (exact) mass is 449 g/mol. The molecule has 1 saturated heterocycles. The number of carbonyl (C=O) groups is 2. The van der Waals surface area contributed by atoms with Crippen LogP contribution >= 0.6 is 0 Å². The van der Waals surface area contributed by atoms with Crippen LogP contribution in [0.4, 0.5) is 17.1 Å². The van der Waals surface area contributed by atoms with E-state index in [1.54, 1.807) is 47.4 Å². The van der Waals surface area contributed by atoms with Crippen molar-refractivity contribution in [2.75, 3.05) is 21.5 Å². The van der Waals surface area contributed by atoms with Crippen molar-refractivity contribution in [3.8, 4) is 0 Å². The topological polar surface area (TPSA) is 95.6 Å². The second-order valence-electron chi connectivity index (χ2n) is 7.65. The highest BCUT2D eigenvalue weighted by atomic mass is 32.2. The number of nitrogens with zero attached hydrogens (tertiary/aromatic N) is 1. The Bertz CT molecular complexity index is 1250. The van der Waals surface area contributed by atoms with Gasteiger partial charge in [0.25, 0.3) is 15.9 Å². The van der Waals surface area contributed by atoms with E-state index >= 15 is 0 Å². The first-order chi connectivity index (χ1) is 15.3. The minimum Gasteiger partial charge on any atom is -0.322 e. The standard InChI is InChI=1S/C24H23N3O4S/c1-17-7-9-20(10-8-17)26-32(30,31)22-5-2-4-18(16-22)24(29)25-19-11-13-21(14-12-19)27-15-3-6-23(27)28/h2,4-5,7-14,16,26H,3,6,15H2,1H3,(H,25,29). The third-order valence-corrected chi connectivity index (χ3v) is 6.60. The highest BCUT2D eigenvalue weighted by Crippen LogP contribution is 2.24. The molecule has 3 aromatic rings. The van der Waals surface area contributed by atoms with Gasteiger partial charge in [-0.1, -0.05) is 23.8 Å². The van der Waals surface area contributed by atoms with E-state index in [1.165, 1.54) is 18.2 Å². The maximum absolute atomic E-state index is 12.7. The third kappa shape index (κ3) is 4.81. The Kier molecular flexibility index (Phi) is 5.96. The number of rotatable bonds is 6. The predicted molar refractivity (Wildman–Crippen MR) is 124 cm³/mol. The summed E-state index contributed by atoms with van der Waals surface area (Å²) in [6, 6.07) is 19.9. The van der Waals surface area contributed by atoms with Gasteiger partial charge in [-0.15, -0.1) is 0 Å². The van der Waals surface area contributed by atoms with Crippen molar-refractivity contribution in [3.05, 3.63) is 83.9 Å². The van der Waals surface area contributed by atoms with E-state index in [9.17, 15) is 18.0 Å². The van der Waals surface area contributed by atoms with Gasteiger partial charge in [0.15, 0.2) is 0 Å². The lowest BCUT2D eigenvalue weighted by Crippen LogP contribution is -2.23. The zero-order valence-electron chi connectivity index (χ0n) is 17.5. The van der Waals surface area contributed by atoms with Crippen molar-refractivity contribution in [1.82, 2.24) is 0 Å². The van der Waals surface area contributed by atoms with Crippen molar-refractivity contribution < 1.29 is 18.0 Å². The molecule has 0 bridgehead atoms. The summed E-state index contributed by atoms with van der Waals surface area (Å²) in [4.78, 5) is 26.3. The van der Waals surface area contributed by atoms with Gasteiger partial charge in [0.2, 0.25) is 5.91 Å². The molecule has 3 aromatic carbocycles. The molecule has 1 heterocycles. The van der Waals surface area contributed by atoms with Crippen LogP contribution in [-0.2, 0) is 14.8 Å². The molecular formula is C24H23N3O4S. The van der Waals surface area contributed by atoms with Gasteiger partial charge in [0.05, 0.1) is 4.90 Å². The van der Waals surface area contributed by atoms with E-state index in [4.69, 9.17) is 0 Å². The van der Waals surface area contributed by atoms with E-state index in [1.807, 2.05) is 19.1 Å². The fraction of sp³-hybridized carbons (Fsp3) is 0.167. The fourth-order valence-electron chi connectivity index (χ4n) is 3.49. The van der Waals surface area contributed by atoms with Crippen LogP contribution in [0, 0.1) is 6.92 Å². The lowest BCUT2D eigenvalue weighted by atomic mass is 10.2. The number of benzene rings is 3. The van der Waals surface area contributed by atoms with Gasteiger partial charge in [0.1, 0.15) is 0 Å². The summed E-state index contributed by atoms with van der Waals surface area (Å²) < 4.78 is 28.0. The lowest BCUT2D eigenvalue weighted by molar-refractivity contribution is -0.117. The van der Waals surface area contributed by atoms with Gasteiger partial charge in [-0.05, 0) is 67.9 Å². The van der Waals surface area contributed by atoms with Crippen LogP contribution in [0.1, 0.15) is 28.8 Å². The summed E-state index contributed by atoms with van der Waals surface area (Å²) in [7, 11) is -3.84. The van der Waals surface area contributed by atoms with Crippen LogP contribution in [0.3, 0.4) is 0 Å². The van der Waals surface area contributed by atoms with Crippen molar-refractivity contribution in [1.29, 1.82) is 0 Å². The molecule has 0 spiro atoms. The molecular weight excluding hydrogens is 426 g/mol. The van der Waals surface area contributed by atoms with E-state index < -0.39 is 15.9 Å². The van der Waals surface area contributed by atoms with Crippen molar-refractivity contribution in [2.45, 2.75) is 24.7 Å². The summed E-state index contributed by atoms with van der Waals surface area (Å²) in [5, 5.41) is 2.76. The molecule has 0 unspecified atom stereocenters. The molecule has 2 N–H and O–H groups in total. The summed E-state index contributed by atoms with van der Waals surface area (Å²) in [6.07, 6.45) is 1.39. The van der Waals surface area contributed by atoms with E-state index in [2.05, 4.69) is 10.0 Å². The minimum absolute atomic E-state index is 0.00591. The number of amides is 2. The fourth-order valence-corrected chi connectivity index (χ4v) is 4.59. The summed E-state index contributed by atoms with van der Waals surface area (Å²) in [5.74, 6) is -0.332. The van der Waals surface area contributed by atoms with Gasteiger partial charge in [-0.25, -0.2) is 8.42 Å². The van der Waals surface area contributed by atoms with E-state index in [-0.39, 0.29) is 16.4 Å². The first kappa shape index (κ1) is 21.6. The summed E-state index contributed by atoms with van der Waals surface area (Å²) >= 11 is 0. The Morgan fingerprint density at radius 1 is 0.938 bits per heavy atom. The maximum atomic E-state index is 12.7. The Balaban J connectivity index is 1.47. The number of hydrogen-bond acceptors (Lipinski definition) is 4. The highest BCUT2D eigenvalue weighted by molar-refractivity contribution is 7.92. The molecule has 0 aromatic heterocycles. The van der Waals surface area contributed by atoms with Crippen LogP contribution in [-0.4, -0.2) is 26.8 Å². The number of sulfonamides is 1. The summed E-state index contributed by atoms with van der Waals surface area (Å²) in [6.45, 7) is 2.61. The smallest absolute Gasteiger partial charge is 0.261 e. The number of nitrogens with one attached hydrogen (secondary N) is 2. The molecule has 32 heavy (non-hydrogen) atoms. The van der Waals surface area contributed by atoms with E-state index in [0.717, 1.165) is 17.7 Å². The lowest BCUT2D eigenvalue weighted by Gasteiger charge is -2.16. The molecule has 4 rings (SSSR count). The van der Waals surface area contributed by atoms with Gasteiger partial charge in [0, 0.05) is 35.6 Å². The van der Waals surface area contributed by atoms with Crippen LogP contribution in [0.25, 0.3) is 0 Å². The number of aryl methyl sites for hydroxylation is 1. The average molecular weight is 450 g/mol. The van der Waals surface area contributed by atoms with Crippen molar-refractivity contribution >= 4 is 38.9 Å². The van der Waals surface area contributed by atoms with E-state index in [0.29, 0.717) is 24.3 Å². The van der Waals surface area contributed by atoms with Crippen molar-refractivity contribution in [2.24, 2.45) is 0 Å². The third-order valence-electron chi connectivity index (χ3n) is 5.22. The normalized spacial score (nSPS) is 13.8. The molecule has 7 nitrogen and oxygen atoms in total. The zero-order chi connectivity index (χ0) is 22.7. The van der Waals surface area contributed by atoms with Gasteiger partial charge in [-0.2, -0.15) is 0 Å². The average Bonchev–Trinajstić information content (AvgIpc) is 3.22. The van der Waals surface area contributed by atoms with Crippen molar-refractivity contribution in [3.63, 3.8) is 0 Å². The molecule has 8 heteroatoms. The predicted octanol–water partition coefficient (Wildman–Crippen LogP) is 4.17. The van der Waals surface area contributed by atoms with Crippen LogP contribution in [0.2, 0.25) is 0 Å². The van der Waals surface area contributed by atoms with Crippen LogP contribution in [0.5, 0.6) is 0 Å². The molecule has 1 aliphatic rings. The Hall–Kier alpha value is -3.65. The molecule has 1 fully saturated rings. The Morgan fingerprint density at radius 2 is 1.62 bits per heavy atom. The molecule has 0 aliphatic carbocycles. The second-order valence-corrected chi connectivity index (χ2v) is 9.33. The van der Waals surface area contributed by atoms with Crippen LogP contribution in [0.15, 0.2) is 77.7 Å². The molecule has 164 valence electrons. The van der Waals surface area contributed by atoms with Crippen LogP contribution < -0.4 is 14.9 Å². The summed E-state index contributed by atoms with van der Waals surface area (Å²) in [5.41, 5.74) is 3.03. The molecule has 2 amide bonds. The second kappa shape index (κ2) is 8.84. The van der Waals surface area contributed by atoms with Gasteiger partial charge < -0.3 is 10.2 Å². The number of anilines is 3. The minimum atomic E-state index is -3.84. The number of hydrogen-bond donors (Lipinski definition) is 2. The molecule has 0 atom stereocenters. The van der Waals surface area contributed by atoms with Gasteiger partial charge >= 0.3 is 0 Å². The molecule has 0 saturated carbocycles. The van der Waals surface area contributed by atoms with Gasteiger partial charge in [-0.3, -0.25) is 14.3 Å². The Labute approximate surface area is 187 Å². The Morgan fingerprint density at radius 3 is 2.28 bits per heavy atom. The molecule has 1 aliphatic heterocycles. The largest absolute Gasteiger partial charge is 0.322 e. The number of carbonyl (C=O) groups excluding carboxylic acids is 2. The maximum Gasteiger partial charge on any atom is 0.261 e. The quantitative estimate of drug-likeness (QED) is 0.590. The SMILES string of the molecule is Cc1ccc(NS(=O)(=O)c2cccc(C(=O)Nc3ccc(N4CCCC4=O)cc3)c2)cc1. The molecule has 0 radical (unpaired) electrons. The first-order valence-electron chi connectivity index (χ1n) is 10.2.